The molecule has 7 heteroatoms. The fraction of sp³-hybridized carbons (Fsp3) is 0.500. The van der Waals surface area contributed by atoms with Gasteiger partial charge in [0.1, 0.15) is 11.8 Å². The van der Waals surface area contributed by atoms with Gasteiger partial charge in [-0.3, -0.25) is 9.69 Å². The number of amides is 1. The fourth-order valence-corrected chi connectivity index (χ4v) is 3.07. The summed E-state index contributed by atoms with van der Waals surface area (Å²) in [7, 11) is 0. The third-order valence-corrected chi connectivity index (χ3v) is 4.03. The van der Waals surface area contributed by atoms with E-state index in [1.54, 1.807) is 0 Å². The maximum Gasteiger partial charge on any atom is 0.236 e. The molecule has 2 heterocycles. The van der Waals surface area contributed by atoms with Gasteiger partial charge in [0.25, 0.3) is 0 Å². The van der Waals surface area contributed by atoms with E-state index in [1.807, 2.05) is 12.1 Å². The number of hydrogen-bond donors (Lipinski definition) is 2. The maximum atomic E-state index is 11.6. The molecule has 3 N–H and O–H groups in total. The molecule has 0 aliphatic carbocycles. The number of halogens is 1. The van der Waals surface area contributed by atoms with E-state index in [0.29, 0.717) is 24.7 Å². The lowest BCUT2D eigenvalue weighted by Crippen LogP contribution is -2.56. The average molecular weight is 312 g/mol. The van der Waals surface area contributed by atoms with Crippen LogP contribution < -0.4 is 15.8 Å². The summed E-state index contributed by atoms with van der Waals surface area (Å²) in [4.78, 5) is 13.6. The highest BCUT2D eigenvalue weighted by Gasteiger charge is 2.28. The van der Waals surface area contributed by atoms with Gasteiger partial charge in [0.15, 0.2) is 6.79 Å². The highest BCUT2D eigenvalue weighted by Crippen LogP contribution is 2.32. The van der Waals surface area contributed by atoms with Crippen LogP contribution >= 0.6 is 11.6 Å². The smallest absolute Gasteiger partial charge is 0.236 e. The number of benzene rings is 1. The molecule has 1 aromatic rings. The molecule has 0 saturated carbocycles. The van der Waals surface area contributed by atoms with Gasteiger partial charge in [-0.25, -0.2) is 0 Å². The van der Waals surface area contributed by atoms with E-state index in [4.69, 9.17) is 26.8 Å². The molecule has 1 saturated heterocycles. The van der Waals surface area contributed by atoms with Crippen molar-refractivity contribution in [1.29, 1.82) is 0 Å². The molecule has 0 aromatic heterocycles. The van der Waals surface area contributed by atoms with E-state index < -0.39 is 0 Å². The molecule has 1 unspecified atom stereocenters. The predicted molar refractivity (Wildman–Crippen MR) is 78.0 cm³/mol. The lowest BCUT2D eigenvalue weighted by molar-refractivity contribution is -0.124. The zero-order chi connectivity index (χ0) is 14.8. The number of fused-ring (bicyclic) bond motifs is 1. The van der Waals surface area contributed by atoms with Gasteiger partial charge in [0, 0.05) is 42.3 Å². The Morgan fingerprint density at radius 2 is 2.38 bits per heavy atom. The van der Waals surface area contributed by atoms with Crippen LogP contribution in [0.3, 0.4) is 0 Å². The van der Waals surface area contributed by atoms with E-state index in [2.05, 4.69) is 10.2 Å². The normalized spacial score (nSPS) is 22.4. The number of carbonyl (C=O) groups excluding carboxylic acids is 1. The van der Waals surface area contributed by atoms with Gasteiger partial charge in [-0.05, 0) is 12.1 Å². The summed E-state index contributed by atoms with van der Waals surface area (Å²) in [5, 5.41) is 3.83. The Morgan fingerprint density at radius 3 is 3.19 bits per heavy atom. The first-order valence-electron chi connectivity index (χ1n) is 6.91. The number of primary amides is 1. The van der Waals surface area contributed by atoms with Gasteiger partial charge < -0.3 is 20.5 Å². The van der Waals surface area contributed by atoms with Crippen LogP contribution in [0.25, 0.3) is 0 Å². The summed E-state index contributed by atoms with van der Waals surface area (Å²) >= 11 is 6.16. The van der Waals surface area contributed by atoms with Gasteiger partial charge in [-0.1, -0.05) is 11.6 Å². The SMILES string of the molecule is NC(=O)C1CNCCN1Cc1cc(Cl)cc2c1OCOC2. The summed E-state index contributed by atoms with van der Waals surface area (Å²) in [5.74, 6) is 0.495. The van der Waals surface area contributed by atoms with E-state index in [0.717, 1.165) is 30.0 Å². The molecule has 0 radical (unpaired) electrons. The van der Waals surface area contributed by atoms with E-state index in [1.165, 1.54) is 0 Å². The molecule has 6 nitrogen and oxygen atoms in total. The van der Waals surface area contributed by atoms with Crippen LogP contribution in [0.2, 0.25) is 5.02 Å². The molecule has 3 rings (SSSR count). The van der Waals surface area contributed by atoms with Crippen molar-refractivity contribution < 1.29 is 14.3 Å². The molecule has 1 amide bonds. The van der Waals surface area contributed by atoms with Gasteiger partial charge in [-0.15, -0.1) is 0 Å². The van der Waals surface area contributed by atoms with Gasteiger partial charge >= 0.3 is 0 Å². The number of rotatable bonds is 3. The predicted octanol–water partition coefficient (Wildman–Crippen LogP) is 0.466. The molecular formula is C14H18ClN3O3. The molecule has 1 atom stereocenters. The van der Waals surface area contributed by atoms with Gasteiger partial charge in [-0.2, -0.15) is 0 Å². The zero-order valence-electron chi connectivity index (χ0n) is 11.6. The number of ether oxygens (including phenoxy) is 2. The Labute approximate surface area is 128 Å². The Morgan fingerprint density at radius 1 is 1.52 bits per heavy atom. The van der Waals surface area contributed by atoms with Crippen LogP contribution in [-0.2, 0) is 22.7 Å². The third-order valence-electron chi connectivity index (χ3n) is 3.81. The first-order chi connectivity index (χ1) is 10.1. The Bertz CT molecular complexity index is 553. The highest BCUT2D eigenvalue weighted by atomic mass is 35.5. The van der Waals surface area contributed by atoms with Crippen molar-refractivity contribution in [3.8, 4) is 5.75 Å². The lowest BCUT2D eigenvalue weighted by atomic mass is 10.1. The van der Waals surface area contributed by atoms with Crippen molar-refractivity contribution in [1.82, 2.24) is 10.2 Å². The van der Waals surface area contributed by atoms with E-state index in [-0.39, 0.29) is 18.7 Å². The number of nitrogens with one attached hydrogen (secondary N) is 1. The molecule has 21 heavy (non-hydrogen) atoms. The van der Waals surface area contributed by atoms with Crippen LogP contribution in [0.4, 0.5) is 0 Å². The maximum absolute atomic E-state index is 11.6. The molecule has 2 aliphatic rings. The molecule has 1 aromatic carbocycles. The molecule has 0 bridgehead atoms. The van der Waals surface area contributed by atoms with E-state index in [9.17, 15) is 4.79 Å². The van der Waals surface area contributed by atoms with Crippen LogP contribution in [0.5, 0.6) is 5.75 Å². The second-order valence-electron chi connectivity index (χ2n) is 5.26. The molecule has 0 spiro atoms. The molecular weight excluding hydrogens is 294 g/mol. The third kappa shape index (κ3) is 3.13. The Balaban J connectivity index is 1.86. The van der Waals surface area contributed by atoms with Gasteiger partial charge in [0.2, 0.25) is 5.91 Å². The van der Waals surface area contributed by atoms with Crippen LogP contribution in [0, 0.1) is 0 Å². The second-order valence-corrected chi connectivity index (χ2v) is 5.69. The number of piperazine rings is 1. The molecule has 1 fully saturated rings. The van der Waals surface area contributed by atoms with Crippen molar-refractivity contribution >= 4 is 17.5 Å². The van der Waals surface area contributed by atoms with Crippen LogP contribution in [0.15, 0.2) is 12.1 Å². The summed E-state index contributed by atoms with van der Waals surface area (Å²) in [6.45, 7) is 3.47. The van der Waals surface area contributed by atoms with Crippen molar-refractivity contribution in [2.24, 2.45) is 5.73 Å². The van der Waals surface area contributed by atoms with Crippen molar-refractivity contribution in [3.05, 3.63) is 28.3 Å². The highest BCUT2D eigenvalue weighted by molar-refractivity contribution is 6.30. The van der Waals surface area contributed by atoms with Crippen molar-refractivity contribution in [2.75, 3.05) is 26.4 Å². The number of hydrogen-bond acceptors (Lipinski definition) is 5. The number of nitrogens with two attached hydrogens (primary N) is 1. The molecule has 114 valence electrons. The Hall–Kier alpha value is -1.34. The van der Waals surface area contributed by atoms with E-state index >= 15 is 0 Å². The minimum Gasteiger partial charge on any atom is -0.467 e. The lowest BCUT2D eigenvalue weighted by Gasteiger charge is -2.35. The number of nitrogens with zero attached hydrogens (tertiary/aromatic N) is 1. The van der Waals surface area contributed by atoms with Crippen molar-refractivity contribution in [3.63, 3.8) is 0 Å². The first-order valence-corrected chi connectivity index (χ1v) is 7.29. The topological polar surface area (TPSA) is 76.8 Å². The first kappa shape index (κ1) is 14.6. The van der Waals surface area contributed by atoms with Crippen molar-refractivity contribution in [2.45, 2.75) is 19.2 Å². The Kier molecular flexibility index (Phi) is 4.30. The van der Waals surface area contributed by atoms with Gasteiger partial charge in [0.05, 0.1) is 6.61 Å². The summed E-state index contributed by atoms with van der Waals surface area (Å²) in [6.07, 6.45) is 0. The number of carbonyl (C=O) groups is 1. The quantitative estimate of drug-likeness (QED) is 0.848. The summed E-state index contributed by atoms with van der Waals surface area (Å²) in [5.41, 5.74) is 7.39. The van der Waals surface area contributed by atoms with Crippen LogP contribution in [0.1, 0.15) is 11.1 Å². The fourth-order valence-electron chi connectivity index (χ4n) is 2.81. The molecule has 2 aliphatic heterocycles. The minimum atomic E-state index is -0.317. The monoisotopic (exact) mass is 311 g/mol. The summed E-state index contributed by atoms with van der Waals surface area (Å²) < 4.78 is 10.9. The minimum absolute atomic E-state index is 0.239. The second kappa shape index (κ2) is 6.19. The van der Waals surface area contributed by atoms with Crippen LogP contribution in [-0.4, -0.2) is 43.3 Å². The standard InChI is InChI=1S/C14H18ClN3O3/c15-11-3-9(13-10(4-11)7-20-8-21-13)6-18-2-1-17-5-12(18)14(16)19/h3-4,12,17H,1-2,5-8H2,(H2,16,19). The average Bonchev–Trinajstić information content (AvgIpc) is 2.47. The largest absolute Gasteiger partial charge is 0.467 e. The summed E-state index contributed by atoms with van der Waals surface area (Å²) in [6, 6.07) is 3.42. The zero-order valence-corrected chi connectivity index (χ0v) is 12.4.